The van der Waals surface area contributed by atoms with E-state index in [0.717, 1.165) is 11.5 Å². The fourth-order valence-corrected chi connectivity index (χ4v) is 4.09. The predicted molar refractivity (Wildman–Crippen MR) is 100 cm³/mol. The molecule has 2 atom stereocenters. The van der Waals surface area contributed by atoms with Crippen LogP contribution in [0.5, 0.6) is 0 Å². The van der Waals surface area contributed by atoms with E-state index in [1.807, 2.05) is 27.7 Å². The SMILES string of the molecule is CCSC[C@H](C(=O)OC(C)(C)C)[C@@H](C)O[Si](C)(C)C(C)(C)C. The smallest absolute Gasteiger partial charge is 0.312 e. The molecule has 0 saturated carbocycles. The number of carbonyl (C=O) groups excluding carboxylic acids is 1. The van der Waals surface area contributed by atoms with Crippen LogP contribution in [0.1, 0.15) is 55.4 Å². The van der Waals surface area contributed by atoms with Crippen LogP contribution in [0, 0.1) is 5.92 Å². The summed E-state index contributed by atoms with van der Waals surface area (Å²) in [6, 6.07) is 0. The van der Waals surface area contributed by atoms with Gasteiger partial charge in [0.05, 0.1) is 12.0 Å². The van der Waals surface area contributed by atoms with Crippen LogP contribution in [0.4, 0.5) is 0 Å². The fourth-order valence-electron chi connectivity index (χ4n) is 1.74. The van der Waals surface area contributed by atoms with Gasteiger partial charge in [0.25, 0.3) is 0 Å². The van der Waals surface area contributed by atoms with Gasteiger partial charge in [-0.05, 0) is 51.6 Å². The maximum absolute atomic E-state index is 12.5. The number of rotatable bonds is 7. The first kappa shape index (κ1) is 22.0. The highest BCUT2D eigenvalue weighted by Crippen LogP contribution is 2.38. The summed E-state index contributed by atoms with van der Waals surface area (Å²) < 4.78 is 12.0. The molecule has 0 amide bonds. The zero-order chi connectivity index (χ0) is 17.8. The van der Waals surface area contributed by atoms with E-state index >= 15 is 0 Å². The van der Waals surface area contributed by atoms with Gasteiger partial charge >= 0.3 is 5.97 Å². The highest BCUT2D eigenvalue weighted by molar-refractivity contribution is 7.99. The molecule has 0 bridgehead atoms. The molecule has 3 nitrogen and oxygen atoms in total. The molecule has 0 fully saturated rings. The van der Waals surface area contributed by atoms with E-state index in [9.17, 15) is 4.79 Å². The minimum absolute atomic E-state index is 0.116. The Morgan fingerprint density at radius 3 is 2.00 bits per heavy atom. The van der Waals surface area contributed by atoms with Crippen LogP contribution in [-0.2, 0) is 14.0 Å². The molecule has 0 aromatic carbocycles. The first-order valence-corrected chi connectivity index (χ1v) is 12.3. The Labute approximate surface area is 143 Å². The van der Waals surface area contributed by atoms with E-state index < -0.39 is 13.9 Å². The van der Waals surface area contributed by atoms with Crippen molar-refractivity contribution >= 4 is 26.0 Å². The summed E-state index contributed by atoms with van der Waals surface area (Å²) in [5.41, 5.74) is -0.455. The second kappa shape index (κ2) is 8.20. The highest BCUT2D eigenvalue weighted by atomic mass is 32.2. The Morgan fingerprint density at radius 2 is 1.64 bits per heavy atom. The Hall–Kier alpha value is -0.00312. The van der Waals surface area contributed by atoms with Crippen LogP contribution < -0.4 is 0 Å². The molecule has 0 radical (unpaired) electrons. The average Bonchev–Trinajstić information content (AvgIpc) is 2.24. The number of hydrogen-bond acceptors (Lipinski definition) is 4. The second-order valence-corrected chi connectivity index (χ2v) is 14.5. The molecule has 0 heterocycles. The lowest BCUT2D eigenvalue weighted by atomic mass is 10.1. The van der Waals surface area contributed by atoms with Crippen molar-refractivity contribution in [2.75, 3.05) is 11.5 Å². The second-order valence-electron chi connectivity index (χ2n) is 8.38. The van der Waals surface area contributed by atoms with E-state index in [0.29, 0.717) is 0 Å². The summed E-state index contributed by atoms with van der Waals surface area (Å²) in [6.07, 6.45) is -0.116. The molecule has 0 aromatic heterocycles. The van der Waals surface area contributed by atoms with Crippen LogP contribution in [0.3, 0.4) is 0 Å². The first-order chi connectivity index (χ1) is 9.71. The van der Waals surface area contributed by atoms with Crippen molar-refractivity contribution in [3.63, 3.8) is 0 Å². The van der Waals surface area contributed by atoms with Gasteiger partial charge < -0.3 is 9.16 Å². The van der Waals surface area contributed by atoms with Crippen LogP contribution in [-0.4, -0.2) is 37.5 Å². The van der Waals surface area contributed by atoms with Gasteiger partial charge in [-0.15, -0.1) is 0 Å². The third-order valence-electron chi connectivity index (χ3n) is 4.06. The van der Waals surface area contributed by atoms with E-state index in [4.69, 9.17) is 9.16 Å². The van der Waals surface area contributed by atoms with E-state index in [1.54, 1.807) is 11.8 Å². The van der Waals surface area contributed by atoms with Crippen molar-refractivity contribution in [1.82, 2.24) is 0 Å². The average molecular weight is 349 g/mol. The maximum atomic E-state index is 12.5. The summed E-state index contributed by atoms with van der Waals surface area (Å²) in [5.74, 6) is 1.39. The van der Waals surface area contributed by atoms with Gasteiger partial charge in [0.1, 0.15) is 5.60 Å². The van der Waals surface area contributed by atoms with Gasteiger partial charge in [-0.3, -0.25) is 4.79 Å². The molecule has 0 aliphatic rings. The molecule has 0 rings (SSSR count). The van der Waals surface area contributed by atoms with Crippen molar-refractivity contribution in [2.24, 2.45) is 5.92 Å². The topological polar surface area (TPSA) is 35.5 Å². The van der Waals surface area contributed by atoms with Crippen LogP contribution in [0.15, 0.2) is 0 Å². The Morgan fingerprint density at radius 1 is 1.14 bits per heavy atom. The van der Waals surface area contributed by atoms with Gasteiger partial charge in [0.15, 0.2) is 8.32 Å². The standard InChI is InChI=1S/C17H36O3SSi/c1-11-21-12-14(15(18)19-16(3,4)5)13(2)20-22(9,10)17(6,7)8/h13-14H,11-12H2,1-10H3/t13-,14+/m1/s1. The van der Waals surface area contributed by atoms with Crippen molar-refractivity contribution in [3.05, 3.63) is 0 Å². The van der Waals surface area contributed by atoms with Gasteiger partial charge in [-0.1, -0.05) is 27.7 Å². The lowest BCUT2D eigenvalue weighted by Gasteiger charge is -2.40. The molecule has 0 aromatic rings. The quantitative estimate of drug-likeness (QED) is 0.473. The molecule has 0 N–H and O–H groups in total. The molecule has 22 heavy (non-hydrogen) atoms. The third kappa shape index (κ3) is 7.51. The number of thioether (sulfide) groups is 1. The predicted octanol–water partition coefficient (Wildman–Crippen LogP) is 5.11. The highest BCUT2D eigenvalue weighted by Gasteiger charge is 2.41. The molecular formula is C17H36O3SSi. The van der Waals surface area contributed by atoms with Crippen molar-refractivity contribution in [2.45, 2.75) is 85.2 Å². The Bertz CT molecular complexity index is 356. The molecule has 0 spiro atoms. The van der Waals surface area contributed by atoms with Crippen LogP contribution in [0.2, 0.25) is 18.1 Å². The lowest BCUT2D eigenvalue weighted by Crippen LogP contribution is -2.47. The molecular weight excluding hydrogens is 312 g/mol. The minimum atomic E-state index is -1.89. The fraction of sp³-hybridized carbons (Fsp3) is 0.941. The zero-order valence-electron chi connectivity index (χ0n) is 16.2. The first-order valence-electron chi connectivity index (χ1n) is 8.19. The lowest BCUT2D eigenvalue weighted by molar-refractivity contribution is -0.162. The summed E-state index contributed by atoms with van der Waals surface area (Å²) in [6.45, 7) is 21.0. The maximum Gasteiger partial charge on any atom is 0.312 e. The molecule has 5 heteroatoms. The van der Waals surface area contributed by atoms with E-state index in [1.165, 1.54) is 0 Å². The molecule has 0 saturated heterocycles. The molecule has 0 unspecified atom stereocenters. The van der Waals surface area contributed by atoms with Gasteiger partial charge in [0, 0.05) is 5.75 Å². The van der Waals surface area contributed by atoms with Crippen molar-refractivity contribution in [3.8, 4) is 0 Å². The summed E-state index contributed by atoms with van der Waals surface area (Å²) >= 11 is 1.77. The van der Waals surface area contributed by atoms with E-state index in [2.05, 4.69) is 40.8 Å². The molecule has 0 aliphatic carbocycles. The van der Waals surface area contributed by atoms with Gasteiger partial charge in [-0.2, -0.15) is 11.8 Å². The van der Waals surface area contributed by atoms with Crippen molar-refractivity contribution < 1.29 is 14.0 Å². The zero-order valence-corrected chi connectivity index (χ0v) is 18.0. The number of esters is 1. The number of ether oxygens (including phenoxy) is 1. The normalized spacial score (nSPS) is 16.3. The largest absolute Gasteiger partial charge is 0.460 e. The van der Waals surface area contributed by atoms with Gasteiger partial charge in [-0.25, -0.2) is 0 Å². The molecule has 0 aliphatic heterocycles. The summed E-state index contributed by atoms with van der Waals surface area (Å²) in [5, 5.41) is 0.137. The number of hydrogen-bond donors (Lipinski definition) is 0. The monoisotopic (exact) mass is 348 g/mol. The number of carbonyl (C=O) groups is 1. The minimum Gasteiger partial charge on any atom is -0.460 e. The van der Waals surface area contributed by atoms with Crippen LogP contribution >= 0.6 is 11.8 Å². The van der Waals surface area contributed by atoms with Crippen LogP contribution in [0.25, 0.3) is 0 Å². The Balaban J connectivity index is 5.06. The summed E-state index contributed by atoms with van der Waals surface area (Å²) in [7, 11) is -1.89. The summed E-state index contributed by atoms with van der Waals surface area (Å²) in [4.78, 5) is 12.5. The third-order valence-corrected chi connectivity index (χ3v) is 9.64. The van der Waals surface area contributed by atoms with E-state index in [-0.39, 0.29) is 23.0 Å². The van der Waals surface area contributed by atoms with Gasteiger partial charge in [0.2, 0.25) is 0 Å². The Kier molecular flexibility index (Phi) is 8.20. The van der Waals surface area contributed by atoms with Crippen molar-refractivity contribution in [1.29, 1.82) is 0 Å². The molecule has 132 valence electrons.